The molecule has 3 rings (SSSR count). The van der Waals surface area contributed by atoms with Gasteiger partial charge in [0.25, 0.3) is 0 Å². The normalized spacial score (nSPS) is 27.3. The quantitative estimate of drug-likeness (QED) is 0.111. The van der Waals surface area contributed by atoms with Gasteiger partial charge in [-0.3, -0.25) is 9.59 Å². The summed E-state index contributed by atoms with van der Waals surface area (Å²) in [6.07, 6.45) is 19.1. The molecule has 3 fully saturated rings. The maximum absolute atomic E-state index is 12.8. The second-order valence-corrected chi connectivity index (χ2v) is 12.9. The molecular formula is C33H54O7. The largest absolute Gasteiger partial charge is 0.481 e. The van der Waals surface area contributed by atoms with Crippen LogP contribution in [0.4, 0.5) is 0 Å². The number of hydrogen-bond acceptors (Lipinski definition) is 6. The lowest BCUT2D eigenvalue weighted by Crippen LogP contribution is -2.26. The summed E-state index contributed by atoms with van der Waals surface area (Å²) in [5.41, 5.74) is 0.0399. The van der Waals surface area contributed by atoms with Crippen molar-refractivity contribution in [2.75, 3.05) is 19.8 Å². The Balaban J connectivity index is 1.57. The second-order valence-electron chi connectivity index (χ2n) is 12.9. The van der Waals surface area contributed by atoms with Gasteiger partial charge in [0.05, 0.1) is 19.0 Å². The Kier molecular flexibility index (Phi) is 14.2. The predicted molar refractivity (Wildman–Crippen MR) is 156 cm³/mol. The molecule has 0 aromatic rings. The average molecular weight is 563 g/mol. The zero-order valence-electron chi connectivity index (χ0n) is 25.2. The van der Waals surface area contributed by atoms with E-state index in [-0.39, 0.29) is 36.3 Å². The monoisotopic (exact) mass is 562 g/mol. The first-order chi connectivity index (χ1) is 19.2. The minimum Gasteiger partial charge on any atom is -0.481 e. The Morgan fingerprint density at radius 1 is 1.07 bits per heavy atom. The van der Waals surface area contributed by atoms with Crippen molar-refractivity contribution in [1.29, 1.82) is 0 Å². The van der Waals surface area contributed by atoms with Crippen LogP contribution in [0.2, 0.25) is 0 Å². The summed E-state index contributed by atoms with van der Waals surface area (Å²) in [7, 11) is 0. The molecule has 1 aliphatic carbocycles. The zero-order valence-corrected chi connectivity index (χ0v) is 25.2. The number of carboxylic acids is 1. The molecule has 0 radical (unpaired) electrons. The number of allylic oxidation sites excluding steroid dienone is 4. The zero-order chi connectivity index (χ0) is 28.8. The van der Waals surface area contributed by atoms with Gasteiger partial charge in [-0.15, -0.1) is 0 Å². The Hall–Kier alpha value is -1.70. The summed E-state index contributed by atoms with van der Waals surface area (Å²) in [6, 6.07) is 0. The molecule has 2 heterocycles. The SMILES string of the molecule is CC(CCC(C)(C)CC(=C[C@H]1CCC(=O)[C@H]1CC=CCCCC(=O)O)OC1CCCCO1)COC1CCCCO1. The van der Waals surface area contributed by atoms with Crippen molar-refractivity contribution < 1.29 is 33.6 Å². The van der Waals surface area contributed by atoms with E-state index < -0.39 is 5.97 Å². The highest BCUT2D eigenvalue weighted by atomic mass is 16.7. The van der Waals surface area contributed by atoms with E-state index in [1.807, 2.05) is 6.08 Å². The lowest BCUT2D eigenvalue weighted by Gasteiger charge is -2.31. The van der Waals surface area contributed by atoms with E-state index in [0.717, 1.165) is 89.8 Å². The fraction of sp³-hybridized carbons (Fsp3) is 0.818. The first-order valence-electron chi connectivity index (χ1n) is 15.8. The van der Waals surface area contributed by atoms with Gasteiger partial charge in [0.1, 0.15) is 5.78 Å². The number of Topliss-reactive ketones (excluding diaryl/α,β-unsaturated/α-hetero) is 1. The number of aliphatic carboxylic acids is 1. The maximum atomic E-state index is 12.8. The van der Waals surface area contributed by atoms with Crippen molar-refractivity contribution in [2.45, 2.75) is 130 Å². The maximum Gasteiger partial charge on any atom is 0.303 e. The van der Waals surface area contributed by atoms with Crippen LogP contribution in [-0.4, -0.2) is 49.3 Å². The molecule has 228 valence electrons. The fourth-order valence-corrected chi connectivity index (χ4v) is 5.92. The van der Waals surface area contributed by atoms with E-state index in [4.69, 9.17) is 24.1 Å². The first kappa shape index (κ1) is 32.8. The summed E-state index contributed by atoms with van der Waals surface area (Å²) in [5.74, 6) is 1.10. The number of hydrogen-bond donors (Lipinski definition) is 1. The van der Waals surface area contributed by atoms with E-state index in [2.05, 4.69) is 32.9 Å². The lowest BCUT2D eigenvalue weighted by atomic mass is 9.80. The Labute approximate surface area is 242 Å². The van der Waals surface area contributed by atoms with Crippen LogP contribution >= 0.6 is 0 Å². The Morgan fingerprint density at radius 3 is 2.48 bits per heavy atom. The summed E-state index contributed by atoms with van der Waals surface area (Å²) >= 11 is 0. The van der Waals surface area contributed by atoms with Crippen LogP contribution in [0.15, 0.2) is 24.0 Å². The molecule has 0 amide bonds. The van der Waals surface area contributed by atoms with Gasteiger partial charge < -0.3 is 24.1 Å². The van der Waals surface area contributed by atoms with Gasteiger partial charge in [0, 0.05) is 38.2 Å². The van der Waals surface area contributed by atoms with E-state index in [1.165, 1.54) is 6.42 Å². The van der Waals surface area contributed by atoms with Gasteiger partial charge in [-0.05, 0) is 94.0 Å². The van der Waals surface area contributed by atoms with Gasteiger partial charge in [-0.25, -0.2) is 0 Å². The third kappa shape index (κ3) is 12.4. The number of unbranched alkanes of at least 4 members (excludes halogenated alkanes) is 1. The van der Waals surface area contributed by atoms with Crippen LogP contribution in [0.3, 0.4) is 0 Å². The van der Waals surface area contributed by atoms with Gasteiger partial charge in [0.15, 0.2) is 12.6 Å². The predicted octanol–water partition coefficient (Wildman–Crippen LogP) is 7.59. The fourth-order valence-electron chi connectivity index (χ4n) is 5.92. The molecule has 7 nitrogen and oxygen atoms in total. The molecule has 2 saturated heterocycles. The van der Waals surface area contributed by atoms with Gasteiger partial charge >= 0.3 is 5.97 Å². The second kappa shape index (κ2) is 17.3. The van der Waals surface area contributed by atoms with Crippen LogP contribution < -0.4 is 0 Å². The molecular weight excluding hydrogens is 508 g/mol. The Morgan fingerprint density at radius 2 is 1.80 bits per heavy atom. The highest BCUT2D eigenvalue weighted by Gasteiger charge is 2.34. The summed E-state index contributed by atoms with van der Waals surface area (Å²) in [6.45, 7) is 9.14. The van der Waals surface area contributed by atoms with Crippen molar-refractivity contribution in [3.8, 4) is 0 Å². The van der Waals surface area contributed by atoms with E-state index in [1.54, 1.807) is 0 Å². The van der Waals surface area contributed by atoms with Gasteiger partial charge in [0.2, 0.25) is 0 Å². The number of ether oxygens (including phenoxy) is 4. The third-order valence-corrected chi connectivity index (χ3v) is 8.46. The van der Waals surface area contributed by atoms with Crippen molar-refractivity contribution in [3.05, 3.63) is 24.0 Å². The molecule has 1 N–H and O–H groups in total. The van der Waals surface area contributed by atoms with Crippen LogP contribution in [0.25, 0.3) is 0 Å². The number of rotatable bonds is 17. The topological polar surface area (TPSA) is 91.3 Å². The summed E-state index contributed by atoms with van der Waals surface area (Å²) in [4.78, 5) is 23.5. The molecule has 1 saturated carbocycles. The number of ketones is 1. The molecule has 5 atom stereocenters. The van der Waals surface area contributed by atoms with Gasteiger partial charge in [-0.2, -0.15) is 0 Å². The van der Waals surface area contributed by atoms with Gasteiger partial charge in [-0.1, -0.05) is 32.9 Å². The molecule has 0 aromatic carbocycles. The molecule has 2 aliphatic heterocycles. The molecule has 0 spiro atoms. The molecule has 3 unspecified atom stereocenters. The standard InChI is InChI=1S/C33H54O7/c1-25(24-39-31-14-8-10-20-37-31)18-19-33(2,3)23-27(40-32-15-9-11-21-38-32)22-26-16-17-29(34)28(26)12-6-4-5-7-13-30(35)36/h4,6,22,25-26,28,31-32H,5,7-21,23-24H2,1-3H3,(H,35,36)/t25?,26-,28+,31?,32?/m1/s1. The Bertz CT molecular complexity index is 821. The molecule has 0 aromatic heterocycles. The van der Waals surface area contributed by atoms with E-state index in [0.29, 0.717) is 31.0 Å². The number of carbonyl (C=O) groups is 2. The third-order valence-electron chi connectivity index (χ3n) is 8.46. The molecule has 0 bridgehead atoms. The average Bonchev–Trinajstić information content (AvgIpc) is 3.27. The number of carboxylic acid groups (broad SMARTS) is 1. The lowest BCUT2D eigenvalue weighted by molar-refractivity contribution is -0.168. The number of carbonyl (C=O) groups excluding carboxylic acids is 1. The van der Waals surface area contributed by atoms with Crippen molar-refractivity contribution >= 4 is 11.8 Å². The minimum atomic E-state index is -0.765. The van der Waals surface area contributed by atoms with Crippen LogP contribution in [-0.2, 0) is 28.5 Å². The van der Waals surface area contributed by atoms with Crippen LogP contribution in [0.5, 0.6) is 0 Å². The highest BCUT2D eigenvalue weighted by Crippen LogP contribution is 2.38. The molecule has 3 aliphatic rings. The van der Waals surface area contributed by atoms with E-state index in [9.17, 15) is 9.59 Å². The molecule has 7 heteroatoms. The summed E-state index contributed by atoms with van der Waals surface area (Å²) in [5, 5.41) is 8.82. The van der Waals surface area contributed by atoms with Crippen molar-refractivity contribution in [3.63, 3.8) is 0 Å². The van der Waals surface area contributed by atoms with Crippen LogP contribution in [0.1, 0.15) is 117 Å². The van der Waals surface area contributed by atoms with Crippen molar-refractivity contribution in [2.24, 2.45) is 23.2 Å². The first-order valence-corrected chi connectivity index (χ1v) is 15.8. The molecule has 40 heavy (non-hydrogen) atoms. The smallest absolute Gasteiger partial charge is 0.303 e. The van der Waals surface area contributed by atoms with Crippen LogP contribution in [0, 0.1) is 23.2 Å². The highest BCUT2D eigenvalue weighted by molar-refractivity contribution is 5.83. The van der Waals surface area contributed by atoms with E-state index >= 15 is 0 Å². The van der Waals surface area contributed by atoms with Crippen molar-refractivity contribution in [1.82, 2.24) is 0 Å². The minimum absolute atomic E-state index is 0.0377. The summed E-state index contributed by atoms with van der Waals surface area (Å²) < 4.78 is 24.2.